The van der Waals surface area contributed by atoms with Gasteiger partial charge in [-0.05, 0) is 55.9 Å². The molecule has 2 fully saturated rings. The van der Waals surface area contributed by atoms with Crippen molar-refractivity contribution in [3.05, 3.63) is 0 Å². The third kappa shape index (κ3) is 4.53. The Morgan fingerprint density at radius 1 is 1.12 bits per heavy atom. The van der Waals surface area contributed by atoms with Gasteiger partial charge >= 0.3 is 11.9 Å². The van der Waals surface area contributed by atoms with Crippen LogP contribution in [-0.4, -0.2) is 35.7 Å². The second-order valence-corrected chi connectivity index (χ2v) is 8.57. The Hall–Kier alpha value is -1.14. The maximum atomic E-state index is 12.6. The van der Waals surface area contributed by atoms with Gasteiger partial charge in [-0.3, -0.25) is 9.59 Å². The van der Waals surface area contributed by atoms with Crippen LogP contribution in [0.2, 0.25) is 0 Å². The third-order valence-electron chi connectivity index (χ3n) is 6.46. The zero-order chi connectivity index (χ0) is 18.7. The van der Waals surface area contributed by atoms with Crippen LogP contribution in [0, 0.1) is 23.2 Å². The summed E-state index contributed by atoms with van der Waals surface area (Å²) in [4.78, 5) is 24.5. The molecule has 5 unspecified atom stereocenters. The maximum absolute atomic E-state index is 12.6. The Morgan fingerprint density at radius 3 is 2.28 bits per heavy atom. The topological polar surface area (TPSA) is 116 Å². The van der Waals surface area contributed by atoms with Crippen molar-refractivity contribution in [2.75, 3.05) is 13.1 Å². The lowest BCUT2D eigenvalue weighted by molar-refractivity contribution is -0.170. The molecule has 5 atom stereocenters. The van der Waals surface area contributed by atoms with Gasteiger partial charge in [0, 0.05) is 6.54 Å². The molecular formula is C19H34N2O4. The molecule has 0 bridgehead atoms. The van der Waals surface area contributed by atoms with Crippen LogP contribution in [0.5, 0.6) is 0 Å². The smallest absolute Gasteiger partial charge is 0.307 e. The van der Waals surface area contributed by atoms with Crippen LogP contribution in [0.4, 0.5) is 0 Å². The lowest BCUT2D eigenvalue weighted by atomic mass is 9.71. The van der Waals surface area contributed by atoms with Gasteiger partial charge in [0.15, 0.2) is 0 Å². The highest BCUT2D eigenvalue weighted by Gasteiger charge is 2.48. The summed E-state index contributed by atoms with van der Waals surface area (Å²) in [6.45, 7) is 4.84. The number of hydrogen-bond acceptors (Lipinski definition) is 5. The highest BCUT2D eigenvalue weighted by molar-refractivity contribution is 5.80. The molecule has 0 spiro atoms. The average molecular weight is 354 g/mol. The van der Waals surface area contributed by atoms with E-state index in [-0.39, 0.29) is 6.42 Å². The first-order chi connectivity index (χ1) is 11.8. The number of rotatable bonds is 7. The molecule has 0 amide bonds. The van der Waals surface area contributed by atoms with E-state index in [9.17, 15) is 14.7 Å². The molecule has 2 aliphatic rings. The molecule has 144 valence electrons. The number of hydrogen-bond donors (Lipinski definition) is 3. The molecule has 0 saturated heterocycles. The van der Waals surface area contributed by atoms with Gasteiger partial charge in [-0.25, -0.2) is 0 Å². The lowest BCUT2D eigenvalue weighted by Gasteiger charge is -2.39. The van der Waals surface area contributed by atoms with Crippen molar-refractivity contribution >= 4 is 11.9 Å². The van der Waals surface area contributed by atoms with Crippen LogP contribution < -0.4 is 11.5 Å². The van der Waals surface area contributed by atoms with E-state index in [0.29, 0.717) is 24.9 Å². The normalized spacial score (nSPS) is 36.8. The predicted octanol–water partition coefficient (Wildman–Crippen LogP) is 2.29. The zero-order valence-corrected chi connectivity index (χ0v) is 15.6. The number of esters is 1. The van der Waals surface area contributed by atoms with Gasteiger partial charge in [0.05, 0.1) is 12.3 Å². The number of ether oxygens (including phenoxy) is 1. The predicted molar refractivity (Wildman–Crippen MR) is 95.8 cm³/mol. The second-order valence-electron chi connectivity index (χ2n) is 8.57. The number of carboxylic acid groups (broad SMARTS) is 1. The van der Waals surface area contributed by atoms with E-state index in [0.717, 1.165) is 44.9 Å². The van der Waals surface area contributed by atoms with Crippen LogP contribution in [0.25, 0.3) is 0 Å². The van der Waals surface area contributed by atoms with Gasteiger partial charge in [0.1, 0.15) is 5.60 Å². The van der Waals surface area contributed by atoms with Crippen LogP contribution in [0.3, 0.4) is 0 Å². The first-order valence-electron chi connectivity index (χ1n) is 9.60. The van der Waals surface area contributed by atoms with Crippen molar-refractivity contribution < 1.29 is 19.4 Å². The van der Waals surface area contributed by atoms with Crippen molar-refractivity contribution in [2.45, 2.75) is 70.8 Å². The van der Waals surface area contributed by atoms with Gasteiger partial charge in [0.25, 0.3) is 0 Å². The van der Waals surface area contributed by atoms with Crippen molar-refractivity contribution in [3.63, 3.8) is 0 Å². The molecule has 0 aliphatic heterocycles. The standard InChI is InChI=1S/C19H34N2O4/c1-13-4-3-6-19(10-13,12-21)25-16(22)8-15(17(23)24)18(11-20)7-5-14(2)9-18/h13-15H,3-12,20-21H2,1-2H3,(H,23,24). The minimum absolute atomic E-state index is 0.116. The van der Waals surface area contributed by atoms with Gasteiger partial charge in [-0.2, -0.15) is 0 Å². The van der Waals surface area contributed by atoms with Gasteiger partial charge in [-0.15, -0.1) is 0 Å². The molecular weight excluding hydrogens is 320 g/mol. The highest BCUT2D eigenvalue weighted by Crippen LogP contribution is 2.48. The Kier molecular flexibility index (Phi) is 6.49. The van der Waals surface area contributed by atoms with Gasteiger partial charge in [0.2, 0.25) is 0 Å². The summed E-state index contributed by atoms with van der Waals surface area (Å²) in [5.41, 5.74) is 10.8. The van der Waals surface area contributed by atoms with Crippen molar-refractivity contribution in [1.82, 2.24) is 0 Å². The largest absolute Gasteiger partial charge is 0.481 e. The van der Waals surface area contributed by atoms with Crippen molar-refractivity contribution in [1.29, 1.82) is 0 Å². The Bertz CT molecular complexity index is 498. The summed E-state index contributed by atoms with van der Waals surface area (Å²) >= 11 is 0. The zero-order valence-electron chi connectivity index (χ0n) is 15.6. The maximum Gasteiger partial charge on any atom is 0.307 e. The highest BCUT2D eigenvalue weighted by atomic mass is 16.6. The molecule has 0 heterocycles. The second kappa shape index (κ2) is 8.04. The van der Waals surface area contributed by atoms with Crippen LogP contribution in [0.1, 0.15) is 65.2 Å². The number of aliphatic carboxylic acids is 1. The number of carboxylic acids is 1. The summed E-state index contributed by atoms with van der Waals surface area (Å²) in [7, 11) is 0. The fourth-order valence-electron chi connectivity index (χ4n) is 5.02. The molecule has 0 aromatic heterocycles. The van der Waals surface area contributed by atoms with Gasteiger partial charge in [-0.1, -0.05) is 26.7 Å². The van der Waals surface area contributed by atoms with E-state index in [1.807, 2.05) is 0 Å². The molecule has 0 aromatic carbocycles. The number of carbonyl (C=O) groups is 2. The van der Waals surface area contributed by atoms with Crippen molar-refractivity contribution in [2.24, 2.45) is 34.6 Å². The van der Waals surface area contributed by atoms with E-state index in [2.05, 4.69) is 13.8 Å². The van der Waals surface area contributed by atoms with Crippen LogP contribution in [0.15, 0.2) is 0 Å². The fraction of sp³-hybridized carbons (Fsp3) is 0.895. The van der Waals surface area contributed by atoms with E-state index >= 15 is 0 Å². The summed E-state index contributed by atoms with van der Waals surface area (Å²) in [5.74, 6) is -1.28. The molecule has 2 rings (SSSR count). The average Bonchev–Trinajstić information content (AvgIpc) is 2.94. The molecule has 0 aromatic rings. The minimum Gasteiger partial charge on any atom is -0.481 e. The Morgan fingerprint density at radius 2 is 1.80 bits per heavy atom. The lowest BCUT2D eigenvalue weighted by Crippen LogP contribution is -2.47. The summed E-state index contributed by atoms with van der Waals surface area (Å²) < 4.78 is 5.79. The molecule has 6 nitrogen and oxygen atoms in total. The molecule has 25 heavy (non-hydrogen) atoms. The number of carbonyl (C=O) groups excluding carboxylic acids is 1. The monoisotopic (exact) mass is 354 g/mol. The molecule has 0 radical (unpaired) electrons. The van der Waals surface area contributed by atoms with E-state index in [1.54, 1.807) is 0 Å². The van der Waals surface area contributed by atoms with Crippen LogP contribution in [-0.2, 0) is 14.3 Å². The Labute approximate surface area is 150 Å². The SMILES string of the molecule is CC1CCCC(CN)(OC(=O)CC(C(=O)O)C2(CN)CCC(C)C2)C1. The quantitative estimate of drug-likeness (QED) is 0.604. The van der Waals surface area contributed by atoms with Gasteiger partial charge < -0.3 is 21.3 Å². The third-order valence-corrected chi connectivity index (χ3v) is 6.46. The first-order valence-corrected chi connectivity index (χ1v) is 9.60. The molecule has 6 heteroatoms. The van der Waals surface area contributed by atoms with Crippen molar-refractivity contribution in [3.8, 4) is 0 Å². The fourth-order valence-corrected chi connectivity index (χ4v) is 5.02. The number of nitrogens with two attached hydrogens (primary N) is 2. The van der Waals surface area contributed by atoms with E-state index in [1.165, 1.54) is 0 Å². The minimum atomic E-state index is -0.949. The van der Waals surface area contributed by atoms with E-state index in [4.69, 9.17) is 16.2 Å². The summed E-state index contributed by atoms with van der Waals surface area (Å²) in [6, 6.07) is 0. The molecule has 5 N–H and O–H groups in total. The Balaban J connectivity index is 2.08. The summed E-state index contributed by atoms with van der Waals surface area (Å²) in [5, 5.41) is 9.75. The van der Waals surface area contributed by atoms with Crippen LogP contribution >= 0.6 is 0 Å². The molecule has 2 aliphatic carbocycles. The molecule has 2 saturated carbocycles. The van der Waals surface area contributed by atoms with E-state index < -0.39 is 28.9 Å². The summed E-state index contributed by atoms with van der Waals surface area (Å²) in [6.07, 6.45) is 5.97. The first kappa shape index (κ1) is 20.2.